The van der Waals surface area contributed by atoms with E-state index in [2.05, 4.69) is 52.3 Å². The van der Waals surface area contributed by atoms with Crippen LogP contribution >= 0.6 is 0 Å². The number of benzene rings is 1. The van der Waals surface area contributed by atoms with E-state index in [1.54, 1.807) is 7.11 Å². The molecule has 0 fully saturated rings. The molecule has 1 N–H and O–H groups in total. The normalized spacial score (nSPS) is 13.3. The van der Waals surface area contributed by atoms with Gasteiger partial charge in [0.1, 0.15) is 5.75 Å². The van der Waals surface area contributed by atoms with Crippen LogP contribution in [0.15, 0.2) is 43.5 Å². The molecule has 4 heteroatoms. The summed E-state index contributed by atoms with van der Waals surface area (Å²) in [6.07, 6.45) is 3.48. The third-order valence-corrected chi connectivity index (χ3v) is 8.90. The van der Waals surface area contributed by atoms with Crippen molar-refractivity contribution in [3.05, 3.63) is 49.1 Å². The molecule has 0 heterocycles. The maximum Gasteiger partial charge on any atom is 0.193 e. The molecule has 23 heavy (non-hydrogen) atoms. The molecule has 1 unspecified atom stereocenters. The molecule has 0 bridgehead atoms. The van der Waals surface area contributed by atoms with Gasteiger partial charge in [-0.15, -0.1) is 13.2 Å². The van der Waals surface area contributed by atoms with E-state index in [0.717, 1.165) is 17.0 Å². The first-order valence-corrected chi connectivity index (χ1v) is 10.9. The number of nitrogens with one attached hydrogen (secondary N) is 1. The second-order valence-corrected chi connectivity index (χ2v) is 11.9. The SMILES string of the molecule is C=CCNc1cccc(OC)c1C(C=C)O[Si](C)(C)C(C)(C)C. The second kappa shape index (κ2) is 7.84. The largest absolute Gasteiger partial charge is 0.496 e. The van der Waals surface area contributed by atoms with Gasteiger partial charge in [0.05, 0.1) is 13.2 Å². The molecular formula is C19H31NO2Si. The van der Waals surface area contributed by atoms with Crippen LogP contribution in [0.5, 0.6) is 5.75 Å². The summed E-state index contributed by atoms with van der Waals surface area (Å²) in [7, 11) is -0.253. The first kappa shape index (κ1) is 19.5. The molecule has 0 aromatic heterocycles. The van der Waals surface area contributed by atoms with Gasteiger partial charge in [-0.3, -0.25) is 0 Å². The van der Waals surface area contributed by atoms with Gasteiger partial charge in [-0.05, 0) is 30.3 Å². The summed E-state index contributed by atoms with van der Waals surface area (Å²) in [5.74, 6) is 0.808. The molecular weight excluding hydrogens is 302 g/mol. The number of ether oxygens (including phenoxy) is 1. The van der Waals surface area contributed by atoms with Crippen LogP contribution in [0.25, 0.3) is 0 Å². The van der Waals surface area contributed by atoms with Gasteiger partial charge < -0.3 is 14.5 Å². The van der Waals surface area contributed by atoms with E-state index >= 15 is 0 Å². The zero-order valence-electron chi connectivity index (χ0n) is 15.4. The summed E-state index contributed by atoms with van der Waals surface area (Å²) < 4.78 is 12.1. The van der Waals surface area contributed by atoms with E-state index in [1.165, 1.54) is 0 Å². The number of hydrogen-bond donors (Lipinski definition) is 1. The predicted molar refractivity (Wildman–Crippen MR) is 103 cm³/mol. The third kappa shape index (κ3) is 4.72. The highest BCUT2D eigenvalue weighted by Crippen LogP contribution is 2.43. The molecule has 0 spiro atoms. The zero-order chi connectivity index (χ0) is 17.7. The fourth-order valence-electron chi connectivity index (χ4n) is 2.07. The number of anilines is 1. The Morgan fingerprint density at radius 3 is 2.39 bits per heavy atom. The predicted octanol–water partition coefficient (Wildman–Crippen LogP) is 5.54. The molecule has 0 aliphatic carbocycles. The Morgan fingerprint density at radius 2 is 1.91 bits per heavy atom. The van der Waals surface area contributed by atoms with Crippen molar-refractivity contribution in [3.63, 3.8) is 0 Å². The first-order valence-electron chi connectivity index (χ1n) is 8.00. The Bertz CT molecular complexity index is 547. The summed E-state index contributed by atoms with van der Waals surface area (Å²) in [5.41, 5.74) is 1.99. The average Bonchev–Trinajstić information content (AvgIpc) is 2.49. The van der Waals surface area contributed by atoms with Crippen LogP contribution in [0.3, 0.4) is 0 Å². The Hall–Kier alpha value is -1.52. The summed E-state index contributed by atoms with van der Waals surface area (Å²) >= 11 is 0. The van der Waals surface area contributed by atoms with Crippen LogP contribution in [0.2, 0.25) is 18.1 Å². The van der Waals surface area contributed by atoms with Crippen LogP contribution in [0.1, 0.15) is 32.4 Å². The second-order valence-electron chi connectivity index (χ2n) is 7.13. The number of hydrogen-bond acceptors (Lipinski definition) is 3. The molecule has 1 aromatic carbocycles. The molecule has 1 atom stereocenters. The van der Waals surface area contributed by atoms with E-state index in [0.29, 0.717) is 6.54 Å². The summed E-state index contributed by atoms with van der Waals surface area (Å²) in [4.78, 5) is 0. The molecule has 128 valence electrons. The quantitative estimate of drug-likeness (QED) is 0.500. The van der Waals surface area contributed by atoms with Gasteiger partial charge in [-0.1, -0.05) is 39.0 Å². The maximum atomic E-state index is 6.58. The Kier molecular flexibility index (Phi) is 6.65. The topological polar surface area (TPSA) is 30.5 Å². The average molecular weight is 334 g/mol. The van der Waals surface area contributed by atoms with Gasteiger partial charge >= 0.3 is 0 Å². The van der Waals surface area contributed by atoms with Gasteiger partial charge in [0.15, 0.2) is 8.32 Å². The molecule has 1 aromatic rings. The number of rotatable bonds is 8. The van der Waals surface area contributed by atoms with E-state index in [-0.39, 0.29) is 11.1 Å². The lowest BCUT2D eigenvalue weighted by atomic mass is 10.1. The van der Waals surface area contributed by atoms with Crippen molar-refractivity contribution in [2.24, 2.45) is 0 Å². The first-order chi connectivity index (χ1) is 10.7. The van der Waals surface area contributed by atoms with Crippen molar-refractivity contribution in [1.29, 1.82) is 0 Å². The van der Waals surface area contributed by atoms with Gasteiger partial charge in [-0.25, -0.2) is 0 Å². The molecule has 0 saturated heterocycles. The highest BCUT2D eigenvalue weighted by molar-refractivity contribution is 6.74. The van der Waals surface area contributed by atoms with E-state index in [1.807, 2.05) is 30.4 Å². The standard InChI is InChI=1S/C19H31NO2Si/c1-9-14-20-15-12-11-13-17(21-6)18(15)16(10-2)22-23(7,8)19(3,4)5/h9-13,16,20H,1-2,14H2,3-8H3. The van der Waals surface area contributed by atoms with Crippen LogP contribution in [-0.2, 0) is 4.43 Å². The molecule has 0 radical (unpaired) electrons. The van der Waals surface area contributed by atoms with E-state index in [4.69, 9.17) is 9.16 Å². The van der Waals surface area contributed by atoms with E-state index in [9.17, 15) is 0 Å². The van der Waals surface area contributed by atoms with Crippen molar-refractivity contribution in [2.75, 3.05) is 19.0 Å². The smallest absolute Gasteiger partial charge is 0.193 e. The number of methoxy groups -OCH3 is 1. The monoisotopic (exact) mass is 333 g/mol. The van der Waals surface area contributed by atoms with E-state index < -0.39 is 8.32 Å². The molecule has 0 aliphatic rings. The van der Waals surface area contributed by atoms with Crippen molar-refractivity contribution in [1.82, 2.24) is 0 Å². The summed E-state index contributed by atoms with van der Waals surface area (Å²) in [6, 6.07) is 5.97. The minimum Gasteiger partial charge on any atom is -0.496 e. The fraction of sp³-hybridized carbons (Fsp3) is 0.474. The van der Waals surface area contributed by atoms with Gasteiger partial charge in [0.25, 0.3) is 0 Å². The van der Waals surface area contributed by atoms with Crippen molar-refractivity contribution in [3.8, 4) is 5.75 Å². The van der Waals surface area contributed by atoms with Crippen molar-refractivity contribution < 1.29 is 9.16 Å². The summed E-state index contributed by atoms with van der Waals surface area (Å²) in [6.45, 7) is 19.6. The molecule has 0 amide bonds. The molecule has 0 saturated carbocycles. The van der Waals surface area contributed by atoms with Crippen molar-refractivity contribution in [2.45, 2.75) is 45.0 Å². The fourth-order valence-corrected chi connectivity index (χ4v) is 3.27. The van der Waals surface area contributed by atoms with Gasteiger partial charge in [0, 0.05) is 17.8 Å². The van der Waals surface area contributed by atoms with Crippen LogP contribution < -0.4 is 10.1 Å². The van der Waals surface area contributed by atoms with Crippen LogP contribution in [0, 0.1) is 0 Å². The highest BCUT2D eigenvalue weighted by atomic mass is 28.4. The lowest BCUT2D eigenvalue weighted by Gasteiger charge is -2.39. The Balaban J connectivity index is 3.28. The zero-order valence-corrected chi connectivity index (χ0v) is 16.4. The summed E-state index contributed by atoms with van der Waals surface area (Å²) in [5, 5.41) is 3.50. The van der Waals surface area contributed by atoms with Crippen LogP contribution in [-0.4, -0.2) is 22.0 Å². The lowest BCUT2D eigenvalue weighted by molar-refractivity contribution is 0.225. The maximum absolute atomic E-state index is 6.58. The minimum atomic E-state index is -1.94. The minimum absolute atomic E-state index is 0.130. The third-order valence-electron chi connectivity index (χ3n) is 4.45. The van der Waals surface area contributed by atoms with Crippen molar-refractivity contribution >= 4 is 14.0 Å². The lowest BCUT2D eigenvalue weighted by Crippen LogP contribution is -2.41. The molecule has 0 aliphatic heterocycles. The van der Waals surface area contributed by atoms with Crippen LogP contribution in [0.4, 0.5) is 5.69 Å². The molecule has 1 rings (SSSR count). The molecule has 3 nitrogen and oxygen atoms in total. The Morgan fingerprint density at radius 1 is 1.26 bits per heavy atom. The van der Waals surface area contributed by atoms with Gasteiger partial charge in [-0.2, -0.15) is 0 Å². The highest BCUT2D eigenvalue weighted by Gasteiger charge is 2.39. The van der Waals surface area contributed by atoms with Gasteiger partial charge in [0.2, 0.25) is 0 Å². The Labute approximate surface area is 142 Å².